The van der Waals surface area contributed by atoms with Crippen molar-refractivity contribution in [1.29, 1.82) is 0 Å². The number of carbonyl (C=O) groups excluding carboxylic acids is 1. The molecule has 2 aromatic rings. The molecular formula is C25H31F6N7O2. The largest absolute Gasteiger partial charge is 0.454 e. The predicted octanol–water partition coefficient (Wildman–Crippen LogP) is 4.71. The van der Waals surface area contributed by atoms with Gasteiger partial charge in [0.05, 0.1) is 12.1 Å². The molecule has 1 unspecified atom stereocenters. The van der Waals surface area contributed by atoms with Gasteiger partial charge in [-0.3, -0.25) is 9.69 Å². The molecule has 1 atom stereocenters. The number of ether oxygens (including phenoxy) is 1. The van der Waals surface area contributed by atoms with E-state index in [-0.39, 0.29) is 29.5 Å². The van der Waals surface area contributed by atoms with Crippen LogP contribution in [0.25, 0.3) is 0 Å². The number of hydrogen-bond acceptors (Lipinski definition) is 8. The van der Waals surface area contributed by atoms with E-state index in [1.165, 1.54) is 12.1 Å². The Morgan fingerprint density at radius 2 is 1.75 bits per heavy atom. The van der Waals surface area contributed by atoms with Crippen LogP contribution in [0.5, 0.6) is 6.01 Å². The van der Waals surface area contributed by atoms with Crippen molar-refractivity contribution < 1.29 is 35.9 Å². The molecule has 0 bridgehead atoms. The highest BCUT2D eigenvalue weighted by atomic mass is 19.4. The van der Waals surface area contributed by atoms with E-state index in [4.69, 9.17) is 0 Å². The van der Waals surface area contributed by atoms with Gasteiger partial charge in [-0.25, -0.2) is 0 Å². The van der Waals surface area contributed by atoms with E-state index in [0.717, 1.165) is 38.1 Å². The van der Waals surface area contributed by atoms with Crippen LogP contribution in [0.2, 0.25) is 0 Å². The van der Waals surface area contributed by atoms with Gasteiger partial charge >= 0.3 is 18.4 Å². The first kappa shape index (κ1) is 29.6. The highest BCUT2D eigenvalue weighted by Crippen LogP contribution is 2.31. The molecule has 0 saturated carbocycles. The Kier molecular flexibility index (Phi) is 9.21. The molecule has 2 saturated heterocycles. The number of aromatic nitrogens is 3. The quantitative estimate of drug-likeness (QED) is 0.437. The third kappa shape index (κ3) is 8.83. The molecule has 1 aromatic heterocycles. The molecule has 2 N–H and O–H groups in total. The Bertz CT molecular complexity index is 1160. The fourth-order valence-electron chi connectivity index (χ4n) is 4.72. The number of piperidine rings is 2. The number of amides is 1. The summed E-state index contributed by atoms with van der Waals surface area (Å²) in [6.45, 7) is 3.59. The number of alkyl halides is 6. The number of nitrogens with zero attached hydrogens (tertiary/aromatic N) is 5. The van der Waals surface area contributed by atoms with Gasteiger partial charge in [0, 0.05) is 37.9 Å². The molecule has 40 heavy (non-hydrogen) atoms. The number of carbonyl (C=O) groups is 1. The third-order valence-corrected chi connectivity index (χ3v) is 6.72. The number of likely N-dealkylation sites (tertiary alicyclic amines) is 2. The van der Waals surface area contributed by atoms with Crippen LogP contribution in [-0.4, -0.2) is 82.2 Å². The van der Waals surface area contributed by atoms with Gasteiger partial charge < -0.3 is 20.3 Å². The van der Waals surface area contributed by atoms with E-state index in [1.54, 1.807) is 0 Å². The predicted molar refractivity (Wildman–Crippen MR) is 134 cm³/mol. The van der Waals surface area contributed by atoms with E-state index in [1.807, 2.05) is 4.90 Å². The molecule has 0 radical (unpaired) electrons. The first-order chi connectivity index (χ1) is 18.8. The number of benzene rings is 1. The van der Waals surface area contributed by atoms with E-state index >= 15 is 0 Å². The average Bonchev–Trinajstić information content (AvgIpc) is 2.88. The lowest BCUT2D eigenvalue weighted by Gasteiger charge is -2.35. The molecule has 4 rings (SSSR count). The first-order valence-electron chi connectivity index (χ1n) is 13.0. The van der Waals surface area contributed by atoms with Gasteiger partial charge in [-0.1, -0.05) is 13.0 Å². The van der Waals surface area contributed by atoms with Crippen LogP contribution < -0.4 is 15.4 Å². The van der Waals surface area contributed by atoms with Crippen molar-refractivity contribution in [3.8, 4) is 6.01 Å². The lowest BCUT2D eigenvalue weighted by atomic mass is 10.00. The molecule has 220 valence electrons. The van der Waals surface area contributed by atoms with E-state index < -0.39 is 30.5 Å². The summed E-state index contributed by atoms with van der Waals surface area (Å²) in [5.74, 6) is 0.226. The summed E-state index contributed by atoms with van der Waals surface area (Å²) < 4.78 is 82.1. The third-order valence-electron chi connectivity index (χ3n) is 6.72. The summed E-state index contributed by atoms with van der Waals surface area (Å²) in [4.78, 5) is 28.5. The SMILES string of the molecule is CC1CCCN(C(=O)CN2CCC(Nc3nc(Nc4cccc(C(F)(F)F)c4)nc(OCC(F)(F)F)n3)CC2)C1. The van der Waals surface area contributed by atoms with E-state index in [0.29, 0.717) is 38.4 Å². The Morgan fingerprint density at radius 3 is 2.42 bits per heavy atom. The molecule has 3 heterocycles. The van der Waals surface area contributed by atoms with Crippen LogP contribution in [0.3, 0.4) is 0 Å². The summed E-state index contributed by atoms with van der Waals surface area (Å²) in [6.07, 6.45) is -5.88. The molecular weight excluding hydrogens is 544 g/mol. The lowest BCUT2D eigenvalue weighted by molar-refractivity contribution is -0.154. The van der Waals surface area contributed by atoms with Gasteiger partial charge in [-0.15, -0.1) is 0 Å². The number of hydrogen-bond donors (Lipinski definition) is 2. The fraction of sp³-hybridized carbons (Fsp3) is 0.600. The van der Waals surface area contributed by atoms with Crippen LogP contribution in [0.4, 0.5) is 43.9 Å². The second-order valence-electron chi connectivity index (χ2n) is 10.2. The zero-order valence-corrected chi connectivity index (χ0v) is 21.9. The van der Waals surface area contributed by atoms with Crippen molar-refractivity contribution >= 4 is 23.5 Å². The lowest BCUT2D eigenvalue weighted by Crippen LogP contribution is -2.47. The molecule has 2 aliphatic heterocycles. The van der Waals surface area contributed by atoms with Crippen LogP contribution in [-0.2, 0) is 11.0 Å². The van der Waals surface area contributed by atoms with Crippen molar-refractivity contribution in [2.24, 2.45) is 5.92 Å². The van der Waals surface area contributed by atoms with Crippen molar-refractivity contribution in [2.45, 2.75) is 51.0 Å². The number of anilines is 3. The first-order valence-corrected chi connectivity index (χ1v) is 13.0. The van der Waals surface area contributed by atoms with Crippen LogP contribution >= 0.6 is 0 Å². The number of halogens is 6. The highest BCUT2D eigenvalue weighted by Gasteiger charge is 2.31. The van der Waals surface area contributed by atoms with Crippen molar-refractivity contribution in [1.82, 2.24) is 24.8 Å². The van der Waals surface area contributed by atoms with Gasteiger partial charge in [0.1, 0.15) is 0 Å². The summed E-state index contributed by atoms with van der Waals surface area (Å²) in [6, 6.07) is 3.44. The standard InChI is InChI=1S/C25H31F6N7O2/c1-16-4-3-9-38(13-16)20(39)14-37-10-7-18(8-11-37)32-21-34-22(36-23(35-21)40-15-24(26,27)28)33-19-6-2-5-17(12-19)25(29,30)31/h2,5-6,12,16,18H,3-4,7-11,13-15H2,1H3,(H2,32,33,34,35,36). The summed E-state index contributed by atoms with van der Waals surface area (Å²) >= 11 is 0. The Morgan fingerprint density at radius 1 is 1.02 bits per heavy atom. The molecule has 1 aromatic carbocycles. The Hall–Kier alpha value is -3.36. The maximum Gasteiger partial charge on any atom is 0.422 e. The minimum absolute atomic E-state index is 0.0187. The van der Waals surface area contributed by atoms with Crippen molar-refractivity contribution in [3.63, 3.8) is 0 Å². The molecule has 1 amide bonds. The van der Waals surface area contributed by atoms with Gasteiger partial charge in [0.25, 0.3) is 0 Å². The van der Waals surface area contributed by atoms with Gasteiger partial charge in [-0.2, -0.15) is 41.3 Å². The second-order valence-corrected chi connectivity index (χ2v) is 10.2. The van der Waals surface area contributed by atoms with Crippen molar-refractivity contribution in [3.05, 3.63) is 29.8 Å². The monoisotopic (exact) mass is 575 g/mol. The van der Waals surface area contributed by atoms with Gasteiger partial charge in [0.2, 0.25) is 17.8 Å². The van der Waals surface area contributed by atoms with Crippen LogP contribution in [0, 0.1) is 5.92 Å². The smallest absolute Gasteiger partial charge is 0.422 e. The molecule has 2 aliphatic rings. The Labute approximate surface area is 227 Å². The zero-order valence-electron chi connectivity index (χ0n) is 21.9. The normalized spacial score (nSPS) is 19.4. The fourth-order valence-corrected chi connectivity index (χ4v) is 4.72. The van der Waals surface area contributed by atoms with E-state index in [2.05, 4.69) is 42.1 Å². The maximum atomic E-state index is 13.1. The molecule has 0 aliphatic carbocycles. The average molecular weight is 576 g/mol. The minimum atomic E-state index is -4.65. The second kappa shape index (κ2) is 12.4. The summed E-state index contributed by atoms with van der Waals surface area (Å²) in [5.41, 5.74) is -0.937. The van der Waals surface area contributed by atoms with Crippen molar-refractivity contribution in [2.75, 3.05) is 50.0 Å². The summed E-state index contributed by atoms with van der Waals surface area (Å²) in [5, 5.41) is 5.64. The molecule has 2 fully saturated rings. The van der Waals surface area contributed by atoms with Gasteiger partial charge in [0.15, 0.2) is 6.61 Å². The van der Waals surface area contributed by atoms with Crippen LogP contribution in [0.1, 0.15) is 38.2 Å². The molecule has 9 nitrogen and oxygen atoms in total. The summed E-state index contributed by atoms with van der Waals surface area (Å²) in [7, 11) is 0. The minimum Gasteiger partial charge on any atom is -0.454 e. The number of rotatable bonds is 8. The highest BCUT2D eigenvalue weighted by molar-refractivity contribution is 5.78. The zero-order chi connectivity index (χ0) is 28.9. The maximum absolute atomic E-state index is 13.1. The number of nitrogens with one attached hydrogen (secondary N) is 2. The topological polar surface area (TPSA) is 95.5 Å². The molecule has 0 spiro atoms. The van der Waals surface area contributed by atoms with E-state index in [9.17, 15) is 31.1 Å². The van der Waals surface area contributed by atoms with Crippen LogP contribution in [0.15, 0.2) is 24.3 Å². The Balaban J connectivity index is 1.40. The molecule has 15 heteroatoms. The van der Waals surface area contributed by atoms with Gasteiger partial charge in [-0.05, 0) is 49.8 Å².